The van der Waals surface area contributed by atoms with E-state index < -0.39 is 0 Å². The van der Waals surface area contributed by atoms with Gasteiger partial charge in [-0.2, -0.15) is 4.98 Å². The van der Waals surface area contributed by atoms with Gasteiger partial charge in [-0.05, 0) is 19.3 Å². The number of hydrogen-bond donors (Lipinski definition) is 1. The molecule has 1 unspecified atom stereocenters. The standard InChI is InChI=1S/C15H27N3O/c1-7-8-16-13-9-14(19-12(6)10(2)3)18-15(17-13)11(4)5/h9-12H,7-8H2,1-6H3,(H,16,17,18). The zero-order valence-corrected chi connectivity index (χ0v) is 13.0. The van der Waals surface area contributed by atoms with Crippen molar-refractivity contribution >= 4 is 5.82 Å². The molecular formula is C15H27N3O. The fourth-order valence-electron chi connectivity index (χ4n) is 1.43. The molecule has 0 saturated carbocycles. The summed E-state index contributed by atoms with van der Waals surface area (Å²) in [5.41, 5.74) is 0. The lowest BCUT2D eigenvalue weighted by atomic mass is 10.1. The first-order chi connectivity index (χ1) is 8.93. The monoisotopic (exact) mass is 265 g/mol. The van der Waals surface area contributed by atoms with Crippen LogP contribution < -0.4 is 10.1 Å². The van der Waals surface area contributed by atoms with Gasteiger partial charge in [-0.1, -0.05) is 34.6 Å². The van der Waals surface area contributed by atoms with Gasteiger partial charge in [-0.3, -0.25) is 0 Å². The highest BCUT2D eigenvalue weighted by molar-refractivity contribution is 5.38. The highest BCUT2D eigenvalue weighted by Crippen LogP contribution is 2.20. The van der Waals surface area contributed by atoms with Gasteiger partial charge >= 0.3 is 0 Å². The average molecular weight is 265 g/mol. The van der Waals surface area contributed by atoms with Crippen LogP contribution in [0, 0.1) is 5.92 Å². The number of aromatic nitrogens is 2. The van der Waals surface area contributed by atoms with Crippen LogP contribution in [0.2, 0.25) is 0 Å². The summed E-state index contributed by atoms with van der Waals surface area (Å²) in [6.45, 7) is 13.6. The minimum absolute atomic E-state index is 0.147. The van der Waals surface area contributed by atoms with E-state index in [1.165, 1.54) is 0 Å². The molecule has 0 amide bonds. The molecule has 0 fully saturated rings. The lowest BCUT2D eigenvalue weighted by molar-refractivity contribution is 0.162. The van der Waals surface area contributed by atoms with Crippen molar-refractivity contribution in [3.05, 3.63) is 11.9 Å². The quantitative estimate of drug-likeness (QED) is 0.813. The maximum absolute atomic E-state index is 5.90. The first-order valence-electron chi connectivity index (χ1n) is 7.23. The molecule has 0 aliphatic heterocycles. The maximum atomic E-state index is 5.90. The van der Waals surface area contributed by atoms with E-state index in [-0.39, 0.29) is 6.10 Å². The molecule has 1 N–H and O–H groups in total. The van der Waals surface area contributed by atoms with E-state index in [9.17, 15) is 0 Å². The summed E-state index contributed by atoms with van der Waals surface area (Å²) in [6.07, 6.45) is 1.22. The van der Waals surface area contributed by atoms with Crippen molar-refractivity contribution in [2.75, 3.05) is 11.9 Å². The summed E-state index contributed by atoms with van der Waals surface area (Å²) in [5, 5.41) is 3.30. The van der Waals surface area contributed by atoms with E-state index in [0.29, 0.717) is 17.7 Å². The summed E-state index contributed by atoms with van der Waals surface area (Å²) in [6, 6.07) is 1.89. The molecule has 1 heterocycles. The Hall–Kier alpha value is -1.32. The van der Waals surface area contributed by atoms with E-state index >= 15 is 0 Å². The Balaban J connectivity index is 2.92. The molecule has 108 valence electrons. The molecule has 19 heavy (non-hydrogen) atoms. The van der Waals surface area contributed by atoms with E-state index in [1.54, 1.807) is 0 Å². The second-order valence-corrected chi connectivity index (χ2v) is 5.60. The number of hydrogen-bond acceptors (Lipinski definition) is 4. The van der Waals surface area contributed by atoms with Gasteiger partial charge in [-0.25, -0.2) is 4.98 Å². The normalized spacial score (nSPS) is 12.8. The van der Waals surface area contributed by atoms with Gasteiger partial charge in [0.25, 0.3) is 0 Å². The smallest absolute Gasteiger partial charge is 0.219 e. The molecule has 4 heteroatoms. The Morgan fingerprint density at radius 3 is 2.37 bits per heavy atom. The number of ether oxygens (including phenoxy) is 1. The highest BCUT2D eigenvalue weighted by Gasteiger charge is 2.13. The predicted octanol–water partition coefficient (Wildman–Crippen LogP) is 3.85. The summed E-state index contributed by atoms with van der Waals surface area (Å²) < 4.78 is 5.90. The average Bonchev–Trinajstić information content (AvgIpc) is 2.35. The number of anilines is 1. The van der Waals surface area contributed by atoms with Crippen molar-refractivity contribution in [1.82, 2.24) is 9.97 Å². The van der Waals surface area contributed by atoms with Gasteiger partial charge < -0.3 is 10.1 Å². The molecule has 0 aliphatic carbocycles. The Morgan fingerprint density at radius 2 is 1.84 bits per heavy atom. The largest absolute Gasteiger partial charge is 0.474 e. The topological polar surface area (TPSA) is 47.0 Å². The van der Waals surface area contributed by atoms with E-state index in [1.807, 2.05) is 6.07 Å². The zero-order valence-electron chi connectivity index (χ0n) is 13.0. The molecule has 0 aromatic carbocycles. The summed E-state index contributed by atoms with van der Waals surface area (Å²) in [5.74, 6) is 3.10. The lowest BCUT2D eigenvalue weighted by Crippen LogP contribution is -2.20. The summed E-state index contributed by atoms with van der Waals surface area (Å²) >= 11 is 0. The molecule has 0 radical (unpaired) electrons. The molecular weight excluding hydrogens is 238 g/mol. The Kier molecular flexibility index (Phi) is 6.06. The first-order valence-corrected chi connectivity index (χ1v) is 7.23. The molecule has 0 saturated heterocycles. The van der Waals surface area contributed by atoms with Crippen LogP contribution in [0.1, 0.15) is 59.7 Å². The third kappa shape index (κ3) is 5.05. The van der Waals surface area contributed by atoms with Crippen LogP contribution in [0.5, 0.6) is 5.88 Å². The first kappa shape index (κ1) is 15.7. The minimum Gasteiger partial charge on any atom is -0.474 e. The van der Waals surface area contributed by atoms with Crippen LogP contribution >= 0.6 is 0 Å². The van der Waals surface area contributed by atoms with Crippen LogP contribution in [0.25, 0.3) is 0 Å². The zero-order chi connectivity index (χ0) is 14.4. The van der Waals surface area contributed by atoms with Crippen molar-refractivity contribution in [2.24, 2.45) is 5.92 Å². The highest BCUT2D eigenvalue weighted by atomic mass is 16.5. The van der Waals surface area contributed by atoms with Crippen molar-refractivity contribution in [3.8, 4) is 5.88 Å². The number of rotatable bonds is 7. The Labute approximate surface area is 117 Å². The molecule has 1 atom stereocenters. The van der Waals surface area contributed by atoms with Gasteiger partial charge in [0.2, 0.25) is 5.88 Å². The van der Waals surface area contributed by atoms with Gasteiger partial charge in [0.05, 0.1) is 6.10 Å². The van der Waals surface area contributed by atoms with Gasteiger partial charge in [-0.15, -0.1) is 0 Å². The minimum atomic E-state index is 0.147. The van der Waals surface area contributed by atoms with Crippen molar-refractivity contribution in [1.29, 1.82) is 0 Å². The molecule has 1 aromatic heterocycles. The molecule has 4 nitrogen and oxygen atoms in total. The second-order valence-electron chi connectivity index (χ2n) is 5.60. The van der Waals surface area contributed by atoms with Crippen LogP contribution in [-0.2, 0) is 0 Å². The molecule has 0 bridgehead atoms. The van der Waals surface area contributed by atoms with Gasteiger partial charge in [0, 0.05) is 18.5 Å². The maximum Gasteiger partial charge on any atom is 0.219 e. The SMILES string of the molecule is CCCNc1cc(OC(C)C(C)C)nc(C(C)C)n1. The van der Waals surface area contributed by atoms with Crippen molar-refractivity contribution < 1.29 is 4.74 Å². The van der Waals surface area contributed by atoms with Crippen molar-refractivity contribution in [3.63, 3.8) is 0 Å². The summed E-state index contributed by atoms with van der Waals surface area (Å²) in [4.78, 5) is 9.01. The van der Waals surface area contributed by atoms with Crippen molar-refractivity contribution in [2.45, 2.75) is 60.0 Å². The Bertz CT molecular complexity index is 391. The van der Waals surface area contributed by atoms with E-state index in [2.05, 4.69) is 56.8 Å². The lowest BCUT2D eigenvalue weighted by Gasteiger charge is -2.19. The number of nitrogens with one attached hydrogen (secondary N) is 1. The molecule has 1 aromatic rings. The predicted molar refractivity (Wildman–Crippen MR) is 79.8 cm³/mol. The van der Waals surface area contributed by atoms with Gasteiger partial charge in [0.15, 0.2) is 0 Å². The Morgan fingerprint density at radius 1 is 1.16 bits per heavy atom. The third-order valence-corrected chi connectivity index (χ3v) is 3.04. The van der Waals surface area contributed by atoms with Crippen LogP contribution in [0.4, 0.5) is 5.82 Å². The molecule has 0 aliphatic rings. The fraction of sp³-hybridized carbons (Fsp3) is 0.733. The van der Waals surface area contributed by atoms with E-state index in [4.69, 9.17) is 4.74 Å². The fourth-order valence-corrected chi connectivity index (χ4v) is 1.43. The third-order valence-electron chi connectivity index (χ3n) is 3.04. The van der Waals surface area contributed by atoms with Crippen LogP contribution in [0.3, 0.4) is 0 Å². The number of nitrogens with zero attached hydrogens (tertiary/aromatic N) is 2. The molecule has 1 rings (SSSR count). The summed E-state index contributed by atoms with van der Waals surface area (Å²) in [7, 11) is 0. The second kappa shape index (κ2) is 7.31. The van der Waals surface area contributed by atoms with Gasteiger partial charge in [0.1, 0.15) is 11.6 Å². The van der Waals surface area contributed by atoms with Crippen LogP contribution in [-0.4, -0.2) is 22.6 Å². The van der Waals surface area contributed by atoms with E-state index in [0.717, 1.165) is 24.6 Å². The molecule has 0 spiro atoms. The van der Waals surface area contributed by atoms with Crippen LogP contribution in [0.15, 0.2) is 6.07 Å².